The van der Waals surface area contributed by atoms with Crippen molar-refractivity contribution in [1.29, 1.82) is 0 Å². The van der Waals surface area contributed by atoms with E-state index in [2.05, 4.69) is 14.9 Å². The second-order valence-corrected chi connectivity index (χ2v) is 6.16. The van der Waals surface area contributed by atoms with Gasteiger partial charge in [0.25, 0.3) is 0 Å². The molecule has 110 valence electrons. The van der Waals surface area contributed by atoms with Crippen molar-refractivity contribution in [2.75, 3.05) is 23.7 Å². The summed E-state index contributed by atoms with van der Waals surface area (Å²) in [5.41, 5.74) is 14.2. The number of piperidine rings is 1. The van der Waals surface area contributed by atoms with E-state index in [1.54, 1.807) is 0 Å². The molecule has 0 amide bonds. The Morgan fingerprint density at radius 2 is 1.75 bits per heavy atom. The fourth-order valence-corrected chi connectivity index (χ4v) is 3.46. The summed E-state index contributed by atoms with van der Waals surface area (Å²) < 4.78 is 0. The van der Waals surface area contributed by atoms with Crippen molar-refractivity contribution in [3.8, 4) is 0 Å². The molecule has 1 saturated heterocycles. The van der Waals surface area contributed by atoms with E-state index in [0.717, 1.165) is 25.9 Å². The van der Waals surface area contributed by atoms with Gasteiger partial charge in [-0.1, -0.05) is 19.3 Å². The highest BCUT2D eigenvalue weighted by molar-refractivity contribution is 5.52. The Hall–Kier alpha value is -1.36. The number of nitrogens with two attached hydrogens (primary N) is 2. The standard InChI is InChI=1S/C15H25N5/c16-12-6-8-20(9-7-12)13-10-18-15(17)19-14(13)11-4-2-1-3-5-11/h10-12H,1-9,16H2,(H2,17,18,19). The van der Waals surface area contributed by atoms with Crippen LogP contribution >= 0.6 is 0 Å². The first kappa shape index (κ1) is 13.6. The predicted molar refractivity (Wildman–Crippen MR) is 81.7 cm³/mol. The number of nitrogen functional groups attached to an aromatic ring is 1. The molecule has 1 aromatic heterocycles. The molecule has 2 heterocycles. The molecule has 4 N–H and O–H groups in total. The zero-order chi connectivity index (χ0) is 13.9. The highest BCUT2D eigenvalue weighted by Crippen LogP contribution is 2.37. The maximum Gasteiger partial charge on any atom is 0.220 e. The second-order valence-electron chi connectivity index (χ2n) is 6.16. The summed E-state index contributed by atoms with van der Waals surface area (Å²) in [5.74, 6) is 0.961. The lowest BCUT2D eigenvalue weighted by atomic mass is 9.86. The number of nitrogens with zero attached hydrogens (tertiary/aromatic N) is 3. The van der Waals surface area contributed by atoms with Crippen LogP contribution in [0.3, 0.4) is 0 Å². The lowest BCUT2D eigenvalue weighted by Gasteiger charge is -2.34. The van der Waals surface area contributed by atoms with Crippen molar-refractivity contribution in [2.45, 2.75) is 56.9 Å². The maximum absolute atomic E-state index is 6.00. The van der Waals surface area contributed by atoms with Crippen molar-refractivity contribution in [3.63, 3.8) is 0 Å². The number of hydrogen-bond donors (Lipinski definition) is 2. The third-order valence-corrected chi connectivity index (χ3v) is 4.69. The van der Waals surface area contributed by atoms with Crippen molar-refractivity contribution >= 4 is 11.6 Å². The molecule has 5 heteroatoms. The van der Waals surface area contributed by atoms with E-state index in [4.69, 9.17) is 11.5 Å². The first-order chi connectivity index (χ1) is 9.74. The molecule has 0 atom stereocenters. The summed E-state index contributed by atoms with van der Waals surface area (Å²) in [6.07, 6.45) is 10.4. The summed E-state index contributed by atoms with van der Waals surface area (Å²) in [6.45, 7) is 2.02. The van der Waals surface area contributed by atoms with Crippen LogP contribution in [0.5, 0.6) is 0 Å². The van der Waals surface area contributed by atoms with Crippen LogP contribution < -0.4 is 16.4 Å². The van der Waals surface area contributed by atoms with Crippen LogP contribution in [0, 0.1) is 0 Å². The zero-order valence-electron chi connectivity index (χ0n) is 12.1. The molecule has 5 nitrogen and oxygen atoms in total. The van der Waals surface area contributed by atoms with E-state index < -0.39 is 0 Å². The maximum atomic E-state index is 6.00. The fourth-order valence-electron chi connectivity index (χ4n) is 3.46. The van der Waals surface area contributed by atoms with Crippen LogP contribution in [0.25, 0.3) is 0 Å². The number of rotatable bonds is 2. The minimum Gasteiger partial charge on any atom is -0.369 e. The lowest BCUT2D eigenvalue weighted by Crippen LogP contribution is -2.40. The Balaban J connectivity index is 1.85. The average Bonchev–Trinajstić information content (AvgIpc) is 2.49. The first-order valence-corrected chi connectivity index (χ1v) is 7.87. The van der Waals surface area contributed by atoms with Crippen LogP contribution in [0.1, 0.15) is 56.6 Å². The van der Waals surface area contributed by atoms with E-state index in [1.165, 1.54) is 43.5 Å². The fraction of sp³-hybridized carbons (Fsp3) is 0.733. The molecule has 0 aromatic carbocycles. The second kappa shape index (κ2) is 5.95. The Labute approximate surface area is 120 Å². The average molecular weight is 275 g/mol. The van der Waals surface area contributed by atoms with Gasteiger partial charge in [0, 0.05) is 25.0 Å². The molecule has 1 aromatic rings. The molecule has 2 fully saturated rings. The Kier molecular flexibility index (Phi) is 4.05. The van der Waals surface area contributed by atoms with Crippen LogP contribution in [0.4, 0.5) is 11.6 Å². The van der Waals surface area contributed by atoms with Crippen LogP contribution in [-0.4, -0.2) is 29.1 Å². The normalized spacial score (nSPS) is 22.1. The number of anilines is 2. The van der Waals surface area contributed by atoms with Crippen molar-refractivity contribution in [2.24, 2.45) is 5.73 Å². The lowest BCUT2D eigenvalue weighted by molar-refractivity contribution is 0.434. The van der Waals surface area contributed by atoms with E-state index in [0.29, 0.717) is 17.9 Å². The smallest absolute Gasteiger partial charge is 0.220 e. The van der Waals surface area contributed by atoms with Gasteiger partial charge in [-0.05, 0) is 25.7 Å². The molecule has 0 unspecified atom stereocenters. The SMILES string of the molecule is Nc1ncc(N2CCC(N)CC2)c(C2CCCCC2)n1. The summed E-state index contributed by atoms with van der Waals surface area (Å²) in [4.78, 5) is 11.2. The minimum atomic E-state index is 0.346. The summed E-state index contributed by atoms with van der Waals surface area (Å²) in [6, 6.07) is 0.346. The molecule has 0 radical (unpaired) electrons. The van der Waals surface area contributed by atoms with Gasteiger partial charge in [0.05, 0.1) is 17.6 Å². The summed E-state index contributed by atoms with van der Waals surface area (Å²) in [5, 5.41) is 0. The molecule has 2 aliphatic rings. The van der Waals surface area contributed by atoms with Gasteiger partial charge in [0.1, 0.15) is 0 Å². The molecule has 1 aliphatic carbocycles. The monoisotopic (exact) mass is 275 g/mol. The van der Waals surface area contributed by atoms with Crippen molar-refractivity contribution < 1.29 is 0 Å². The predicted octanol–water partition coefficient (Wildman–Crippen LogP) is 2.03. The summed E-state index contributed by atoms with van der Waals surface area (Å²) in [7, 11) is 0. The van der Waals surface area contributed by atoms with Gasteiger partial charge in [-0.15, -0.1) is 0 Å². The van der Waals surface area contributed by atoms with Crippen LogP contribution in [0.2, 0.25) is 0 Å². The van der Waals surface area contributed by atoms with Gasteiger partial charge < -0.3 is 16.4 Å². The Morgan fingerprint density at radius 3 is 2.45 bits per heavy atom. The third kappa shape index (κ3) is 2.87. The van der Waals surface area contributed by atoms with Gasteiger partial charge in [-0.3, -0.25) is 0 Å². The first-order valence-electron chi connectivity index (χ1n) is 7.87. The third-order valence-electron chi connectivity index (χ3n) is 4.69. The van der Waals surface area contributed by atoms with Gasteiger partial charge in [-0.25, -0.2) is 9.97 Å². The van der Waals surface area contributed by atoms with Crippen molar-refractivity contribution in [1.82, 2.24) is 9.97 Å². The highest BCUT2D eigenvalue weighted by atomic mass is 15.2. The van der Waals surface area contributed by atoms with Gasteiger partial charge in [0.2, 0.25) is 5.95 Å². The van der Waals surface area contributed by atoms with E-state index in [9.17, 15) is 0 Å². The Bertz CT molecular complexity index is 448. The molecule has 1 saturated carbocycles. The molecule has 0 spiro atoms. The highest BCUT2D eigenvalue weighted by Gasteiger charge is 2.25. The molecular formula is C15H25N5. The Morgan fingerprint density at radius 1 is 1.05 bits per heavy atom. The van der Waals surface area contributed by atoms with Crippen LogP contribution in [-0.2, 0) is 0 Å². The molecule has 20 heavy (non-hydrogen) atoms. The largest absolute Gasteiger partial charge is 0.369 e. The van der Waals surface area contributed by atoms with Gasteiger partial charge in [-0.2, -0.15) is 0 Å². The molecule has 3 rings (SSSR count). The van der Waals surface area contributed by atoms with Crippen LogP contribution in [0.15, 0.2) is 6.20 Å². The van der Waals surface area contributed by atoms with E-state index in [1.807, 2.05) is 6.20 Å². The van der Waals surface area contributed by atoms with Gasteiger partial charge in [0.15, 0.2) is 0 Å². The van der Waals surface area contributed by atoms with E-state index in [-0.39, 0.29) is 0 Å². The van der Waals surface area contributed by atoms with E-state index >= 15 is 0 Å². The molecular weight excluding hydrogens is 250 g/mol. The number of aromatic nitrogens is 2. The zero-order valence-corrected chi connectivity index (χ0v) is 12.1. The van der Waals surface area contributed by atoms with Crippen molar-refractivity contribution in [3.05, 3.63) is 11.9 Å². The molecule has 1 aliphatic heterocycles. The topological polar surface area (TPSA) is 81.1 Å². The van der Waals surface area contributed by atoms with Gasteiger partial charge >= 0.3 is 0 Å². The minimum absolute atomic E-state index is 0.346. The summed E-state index contributed by atoms with van der Waals surface area (Å²) >= 11 is 0. The number of hydrogen-bond acceptors (Lipinski definition) is 5. The quantitative estimate of drug-likeness (QED) is 0.863. The molecule has 0 bridgehead atoms.